The van der Waals surface area contributed by atoms with E-state index in [1.807, 2.05) is 30.3 Å². The molecule has 0 unspecified atom stereocenters. The first-order valence-corrected chi connectivity index (χ1v) is 5.64. The minimum atomic E-state index is 0.607. The highest BCUT2D eigenvalue weighted by molar-refractivity contribution is 5.33. The number of benzene rings is 1. The third-order valence-corrected chi connectivity index (χ3v) is 2.47. The van der Waals surface area contributed by atoms with Gasteiger partial charge < -0.3 is 5.32 Å². The van der Waals surface area contributed by atoms with Crippen LogP contribution in [0, 0.1) is 11.8 Å². The Morgan fingerprint density at radius 1 is 1.13 bits per heavy atom. The van der Waals surface area contributed by atoms with Crippen molar-refractivity contribution in [3.05, 3.63) is 35.9 Å². The van der Waals surface area contributed by atoms with Crippen LogP contribution in [0.15, 0.2) is 30.3 Å². The van der Waals surface area contributed by atoms with Gasteiger partial charge in [-0.1, -0.05) is 43.9 Å². The fraction of sp³-hybridized carbons (Fsp3) is 0.429. The Kier molecular flexibility index (Phi) is 5.58. The average Bonchev–Trinajstić information content (AvgIpc) is 2.31. The van der Waals surface area contributed by atoms with E-state index in [9.17, 15) is 0 Å². The zero-order chi connectivity index (χ0) is 10.9. The summed E-state index contributed by atoms with van der Waals surface area (Å²) in [6.45, 7) is 5.18. The summed E-state index contributed by atoms with van der Waals surface area (Å²) in [4.78, 5) is 0. The van der Waals surface area contributed by atoms with Crippen molar-refractivity contribution in [3.63, 3.8) is 0 Å². The lowest BCUT2D eigenvalue weighted by Gasteiger charge is -2.11. The minimum absolute atomic E-state index is 0.607. The first kappa shape index (κ1) is 11.8. The van der Waals surface area contributed by atoms with Crippen LogP contribution >= 0.6 is 0 Å². The highest BCUT2D eigenvalue weighted by atomic mass is 14.9. The van der Waals surface area contributed by atoms with Gasteiger partial charge in [0.1, 0.15) is 0 Å². The molecule has 0 heterocycles. The molecule has 0 saturated heterocycles. The Hall–Kier alpha value is -1.26. The quantitative estimate of drug-likeness (QED) is 0.739. The minimum Gasteiger partial charge on any atom is -0.303 e. The summed E-state index contributed by atoms with van der Waals surface area (Å²) in [6.07, 6.45) is 2.34. The summed E-state index contributed by atoms with van der Waals surface area (Å²) in [7, 11) is 0. The van der Waals surface area contributed by atoms with E-state index in [0.29, 0.717) is 6.04 Å². The van der Waals surface area contributed by atoms with Crippen LogP contribution in [0.5, 0.6) is 0 Å². The maximum absolute atomic E-state index is 3.42. The van der Waals surface area contributed by atoms with Crippen LogP contribution in [0.25, 0.3) is 0 Å². The molecule has 0 aliphatic carbocycles. The SMILES string of the molecule is CCC(CC)NCC#Cc1ccccc1. The number of hydrogen-bond acceptors (Lipinski definition) is 1. The van der Waals surface area contributed by atoms with Crippen LogP contribution < -0.4 is 5.32 Å². The lowest BCUT2D eigenvalue weighted by Crippen LogP contribution is -2.27. The zero-order valence-electron chi connectivity index (χ0n) is 9.59. The van der Waals surface area contributed by atoms with Crippen molar-refractivity contribution in [2.24, 2.45) is 0 Å². The van der Waals surface area contributed by atoms with Gasteiger partial charge in [0.2, 0.25) is 0 Å². The van der Waals surface area contributed by atoms with E-state index in [-0.39, 0.29) is 0 Å². The molecule has 1 aromatic carbocycles. The molecule has 0 aliphatic rings. The Morgan fingerprint density at radius 2 is 1.80 bits per heavy atom. The molecule has 0 bridgehead atoms. The number of hydrogen-bond donors (Lipinski definition) is 1. The second kappa shape index (κ2) is 7.09. The maximum atomic E-state index is 3.42. The molecule has 0 amide bonds. The summed E-state index contributed by atoms with van der Waals surface area (Å²) in [6, 6.07) is 10.7. The molecular weight excluding hydrogens is 182 g/mol. The van der Waals surface area contributed by atoms with Gasteiger partial charge in [0.25, 0.3) is 0 Å². The van der Waals surface area contributed by atoms with Gasteiger partial charge in [-0.05, 0) is 25.0 Å². The molecule has 0 spiro atoms. The molecule has 0 atom stereocenters. The van der Waals surface area contributed by atoms with Crippen molar-refractivity contribution in [1.29, 1.82) is 0 Å². The van der Waals surface area contributed by atoms with E-state index in [0.717, 1.165) is 12.1 Å². The smallest absolute Gasteiger partial charge is 0.0582 e. The predicted octanol–water partition coefficient (Wildman–Crippen LogP) is 2.82. The highest BCUT2D eigenvalue weighted by Gasteiger charge is 1.98. The van der Waals surface area contributed by atoms with Crippen LogP contribution in [0.4, 0.5) is 0 Å². The summed E-state index contributed by atoms with van der Waals surface area (Å²) in [5, 5.41) is 3.42. The average molecular weight is 201 g/mol. The zero-order valence-corrected chi connectivity index (χ0v) is 9.59. The summed E-state index contributed by atoms with van der Waals surface area (Å²) in [5.41, 5.74) is 1.09. The fourth-order valence-corrected chi connectivity index (χ4v) is 1.44. The fourth-order valence-electron chi connectivity index (χ4n) is 1.44. The van der Waals surface area contributed by atoms with Crippen molar-refractivity contribution in [1.82, 2.24) is 5.32 Å². The van der Waals surface area contributed by atoms with Gasteiger partial charge in [0.15, 0.2) is 0 Å². The lowest BCUT2D eigenvalue weighted by atomic mass is 10.2. The predicted molar refractivity (Wildman–Crippen MR) is 65.7 cm³/mol. The van der Waals surface area contributed by atoms with E-state index >= 15 is 0 Å². The van der Waals surface area contributed by atoms with Gasteiger partial charge in [-0.2, -0.15) is 0 Å². The first-order valence-electron chi connectivity index (χ1n) is 5.64. The van der Waals surface area contributed by atoms with Crippen LogP contribution in [-0.4, -0.2) is 12.6 Å². The van der Waals surface area contributed by atoms with Crippen LogP contribution in [0.1, 0.15) is 32.3 Å². The molecule has 1 heteroatoms. The van der Waals surface area contributed by atoms with E-state index in [2.05, 4.69) is 31.0 Å². The van der Waals surface area contributed by atoms with Gasteiger partial charge in [0, 0.05) is 11.6 Å². The van der Waals surface area contributed by atoms with Gasteiger partial charge in [-0.15, -0.1) is 0 Å². The molecule has 0 radical (unpaired) electrons. The number of nitrogens with one attached hydrogen (secondary N) is 1. The van der Waals surface area contributed by atoms with Gasteiger partial charge in [-0.25, -0.2) is 0 Å². The normalized spacial score (nSPS) is 9.80. The Bertz CT molecular complexity index is 314. The van der Waals surface area contributed by atoms with E-state index in [4.69, 9.17) is 0 Å². The Balaban J connectivity index is 2.34. The van der Waals surface area contributed by atoms with Crippen molar-refractivity contribution in [3.8, 4) is 11.8 Å². The van der Waals surface area contributed by atoms with Gasteiger partial charge in [0.05, 0.1) is 6.54 Å². The van der Waals surface area contributed by atoms with E-state index in [1.165, 1.54) is 12.8 Å². The monoisotopic (exact) mass is 201 g/mol. The molecule has 15 heavy (non-hydrogen) atoms. The topological polar surface area (TPSA) is 12.0 Å². The second-order valence-electron chi connectivity index (χ2n) is 3.56. The molecule has 1 N–H and O–H groups in total. The molecule has 0 fully saturated rings. The molecule has 0 aromatic heterocycles. The Labute approximate surface area is 92.9 Å². The summed E-state index contributed by atoms with van der Waals surface area (Å²) < 4.78 is 0. The molecule has 80 valence electrons. The van der Waals surface area contributed by atoms with Crippen LogP contribution in [0.3, 0.4) is 0 Å². The third-order valence-electron chi connectivity index (χ3n) is 2.47. The number of rotatable bonds is 4. The van der Waals surface area contributed by atoms with Crippen molar-refractivity contribution < 1.29 is 0 Å². The Morgan fingerprint density at radius 3 is 2.40 bits per heavy atom. The van der Waals surface area contributed by atoms with Gasteiger partial charge >= 0.3 is 0 Å². The summed E-state index contributed by atoms with van der Waals surface area (Å²) in [5.74, 6) is 6.28. The van der Waals surface area contributed by atoms with Crippen molar-refractivity contribution >= 4 is 0 Å². The molecule has 1 aromatic rings. The lowest BCUT2D eigenvalue weighted by molar-refractivity contribution is 0.514. The second-order valence-corrected chi connectivity index (χ2v) is 3.56. The van der Waals surface area contributed by atoms with Crippen LogP contribution in [0.2, 0.25) is 0 Å². The van der Waals surface area contributed by atoms with E-state index in [1.54, 1.807) is 0 Å². The summed E-state index contributed by atoms with van der Waals surface area (Å²) >= 11 is 0. The van der Waals surface area contributed by atoms with Crippen molar-refractivity contribution in [2.75, 3.05) is 6.54 Å². The standard InChI is InChI=1S/C14H19N/c1-3-14(4-2)15-12-8-11-13-9-6-5-7-10-13/h5-7,9-10,14-15H,3-4,12H2,1-2H3. The highest BCUT2D eigenvalue weighted by Crippen LogP contribution is 1.96. The molecule has 0 aliphatic heterocycles. The molecule has 1 nitrogen and oxygen atoms in total. The largest absolute Gasteiger partial charge is 0.303 e. The molecular formula is C14H19N. The van der Waals surface area contributed by atoms with Crippen molar-refractivity contribution in [2.45, 2.75) is 32.7 Å². The maximum Gasteiger partial charge on any atom is 0.0582 e. The third kappa shape index (κ3) is 4.67. The van der Waals surface area contributed by atoms with Crippen LogP contribution in [-0.2, 0) is 0 Å². The first-order chi connectivity index (χ1) is 7.36. The van der Waals surface area contributed by atoms with E-state index < -0.39 is 0 Å². The van der Waals surface area contributed by atoms with Gasteiger partial charge in [-0.3, -0.25) is 0 Å². The molecule has 1 rings (SSSR count). The molecule has 0 saturated carbocycles.